The van der Waals surface area contributed by atoms with Crippen molar-refractivity contribution < 1.29 is 9.84 Å². The van der Waals surface area contributed by atoms with Crippen LogP contribution in [0.2, 0.25) is 0 Å². The smallest absolute Gasteiger partial charge is 0.0991 e. The summed E-state index contributed by atoms with van der Waals surface area (Å²) in [5, 5.41) is 21.0. The van der Waals surface area contributed by atoms with Crippen molar-refractivity contribution in [3.8, 4) is 6.07 Å². The molecule has 0 fully saturated rings. The van der Waals surface area contributed by atoms with Crippen LogP contribution >= 0.6 is 0 Å². The first-order chi connectivity index (χ1) is 8.30. The van der Waals surface area contributed by atoms with Gasteiger partial charge in [-0.3, -0.25) is 0 Å². The SMILES string of the molecule is COCC(CCO)NCc1cccc(C#N)c1. The highest BCUT2D eigenvalue weighted by atomic mass is 16.5. The molecule has 0 aliphatic carbocycles. The minimum Gasteiger partial charge on any atom is -0.396 e. The summed E-state index contributed by atoms with van der Waals surface area (Å²) in [4.78, 5) is 0. The van der Waals surface area contributed by atoms with Gasteiger partial charge >= 0.3 is 0 Å². The van der Waals surface area contributed by atoms with E-state index in [1.807, 2.05) is 18.2 Å². The van der Waals surface area contributed by atoms with Gasteiger partial charge in [-0.25, -0.2) is 0 Å². The maximum absolute atomic E-state index is 8.90. The van der Waals surface area contributed by atoms with E-state index in [4.69, 9.17) is 15.1 Å². The van der Waals surface area contributed by atoms with Gasteiger partial charge in [-0.05, 0) is 24.1 Å². The van der Waals surface area contributed by atoms with E-state index in [0.717, 1.165) is 5.56 Å². The standard InChI is InChI=1S/C13H18N2O2/c1-17-10-13(5-6-16)15-9-12-4-2-3-11(7-12)8-14/h2-4,7,13,15-16H,5-6,9-10H2,1H3. The van der Waals surface area contributed by atoms with Gasteiger partial charge in [-0.1, -0.05) is 12.1 Å². The van der Waals surface area contributed by atoms with Crippen LogP contribution in [-0.2, 0) is 11.3 Å². The van der Waals surface area contributed by atoms with Gasteiger partial charge in [0.25, 0.3) is 0 Å². The van der Waals surface area contributed by atoms with Crippen LogP contribution in [0.3, 0.4) is 0 Å². The molecule has 1 aromatic carbocycles. The first-order valence-corrected chi connectivity index (χ1v) is 5.62. The molecular weight excluding hydrogens is 216 g/mol. The molecule has 0 aliphatic rings. The number of rotatable bonds is 7. The highest BCUT2D eigenvalue weighted by molar-refractivity contribution is 5.32. The van der Waals surface area contributed by atoms with Crippen molar-refractivity contribution in [3.63, 3.8) is 0 Å². The van der Waals surface area contributed by atoms with Crippen molar-refractivity contribution in [2.75, 3.05) is 20.3 Å². The average Bonchev–Trinajstić information content (AvgIpc) is 2.37. The van der Waals surface area contributed by atoms with Crippen LogP contribution in [0.5, 0.6) is 0 Å². The number of benzene rings is 1. The Hall–Kier alpha value is -1.41. The van der Waals surface area contributed by atoms with Crippen molar-refractivity contribution in [1.29, 1.82) is 5.26 Å². The fourth-order valence-electron chi connectivity index (χ4n) is 1.61. The normalized spacial score (nSPS) is 12.1. The van der Waals surface area contributed by atoms with E-state index in [-0.39, 0.29) is 12.6 Å². The predicted molar refractivity (Wildman–Crippen MR) is 65.4 cm³/mol. The zero-order valence-electron chi connectivity index (χ0n) is 10.0. The van der Waals surface area contributed by atoms with Crippen LogP contribution in [-0.4, -0.2) is 31.5 Å². The number of ether oxygens (including phenoxy) is 1. The number of hydrogen-bond donors (Lipinski definition) is 2. The molecule has 0 aliphatic heterocycles. The number of hydrogen-bond acceptors (Lipinski definition) is 4. The minimum absolute atomic E-state index is 0.135. The average molecular weight is 234 g/mol. The van der Waals surface area contributed by atoms with E-state index in [1.54, 1.807) is 13.2 Å². The lowest BCUT2D eigenvalue weighted by Gasteiger charge is -2.16. The summed E-state index contributed by atoms with van der Waals surface area (Å²) >= 11 is 0. The second-order valence-electron chi connectivity index (χ2n) is 3.86. The molecule has 0 amide bonds. The van der Waals surface area contributed by atoms with Gasteiger partial charge in [-0.15, -0.1) is 0 Å². The summed E-state index contributed by atoms with van der Waals surface area (Å²) < 4.78 is 5.06. The number of methoxy groups -OCH3 is 1. The highest BCUT2D eigenvalue weighted by Crippen LogP contribution is 2.04. The van der Waals surface area contributed by atoms with Crippen molar-refractivity contribution in [3.05, 3.63) is 35.4 Å². The molecule has 17 heavy (non-hydrogen) atoms. The summed E-state index contributed by atoms with van der Waals surface area (Å²) in [6.45, 7) is 1.38. The molecule has 0 bridgehead atoms. The molecule has 4 heteroatoms. The second kappa shape index (κ2) is 7.80. The van der Waals surface area contributed by atoms with Gasteiger partial charge < -0.3 is 15.2 Å². The van der Waals surface area contributed by atoms with Gasteiger partial charge in [0.05, 0.1) is 18.2 Å². The molecular formula is C13H18N2O2. The molecule has 1 rings (SSSR count). The second-order valence-corrected chi connectivity index (χ2v) is 3.86. The lowest BCUT2D eigenvalue weighted by atomic mass is 10.1. The molecule has 0 aromatic heterocycles. The molecule has 0 radical (unpaired) electrons. The molecule has 1 unspecified atom stereocenters. The maximum Gasteiger partial charge on any atom is 0.0991 e. The van der Waals surface area contributed by atoms with Gasteiger partial charge in [0.15, 0.2) is 0 Å². The molecule has 0 heterocycles. The number of aliphatic hydroxyl groups is 1. The molecule has 0 spiro atoms. The summed E-state index contributed by atoms with van der Waals surface area (Å²) in [7, 11) is 1.64. The Bertz CT molecular complexity index is 368. The van der Waals surface area contributed by atoms with E-state index in [1.165, 1.54) is 0 Å². The fourth-order valence-corrected chi connectivity index (χ4v) is 1.61. The third kappa shape index (κ3) is 4.96. The molecule has 0 saturated heterocycles. The molecule has 0 saturated carbocycles. The summed E-state index contributed by atoms with van der Waals surface area (Å²) in [6, 6.07) is 9.72. The van der Waals surface area contributed by atoms with Crippen LogP contribution in [0.4, 0.5) is 0 Å². The third-order valence-corrected chi connectivity index (χ3v) is 2.50. The lowest BCUT2D eigenvalue weighted by Crippen LogP contribution is -2.33. The fraction of sp³-hybridized carbons (Fsp3) is 0.462. The van der Waals surface area contributed by atoms with Crippen LogP contribution in [0.1, 0.15) is 17.5 Å². The van der Waals surface area contributed by atoms with Crippen molar-refractivity contribution in [1.82, 2.24) is 5.32 Å². The van der Waals surface area contributed by atoms with Gasteiger partial charge in [0.1, 0.15) is 0 Å². The lowest BCUT2D eigenvalue weighted by molar-refractivity contribution is 0.148. The van der Waals surface area contributed by atoms with Crippen molar-refractivity contribution in [2.24, 2.45) is 0 Å². The van der Waals surface area contributed by atoms with Crippen molar-refractivity contribution in [2.45, 2.75) is 19.0 Å². The van der Waals surface area contributed by atoms with Gasteiger partial charge in [0.2, 0.25) is 0 Å². The Morgan fingerprint density at radius 3 is 3.00 bits per heavy atom. The van der Waals surface area contributed by atoms with Crippen LogP contribution in [0.25, 0.3) is 0 Å². The molecule has 1 atom stereocenters. The Morgan fingerprint density at radius 2 is 2.35 bits per heavy atom. The van der Waals surface area contributed by atoms with Crippen molar-refractivity contribution >= 4 is 0 Å². The number of nitrogens with one attached hydrogen (secondary N) is 1. The molecule has 92 valence electrons. The summed E-state index contributed by atoms with van der Waals surface area (Å²) in [5.41, 5.74) is 1.72. The molecule has 4 nitrogen and oxygen atoms in total. The Morgan fingerprint density at radius 1 is 1.53 bits per heavy atom. The first kappa shape index (κ1) is 13.7. The van der Waals surface area contributed by atoms with E-state index in [2.05, 4.69) is 11.4 Å². The summed E-state index contributed by atoms with van der Waals surface area (Å²) in [6.07, 6.45) is 0.659. The van der Waals surface area contributed by atoms with Crippen LogP contribution < -0.4 is 5.32 Å². The molecule has 2 N–H and O–H groups in total. The topological polar surface area (TPSA) is 65.3 Å². The monoisotopic (exact) mass is 234 g/mol. The zero-order valence-corrected chi connectivity index (χ0v) is 10.0. The Kier molecular flexibility index (Phi) is 6.26. The largest absolute Gasteiger partial charge is 0.396 e. The van der Waals surface area contributed by atoms with E-state index >= 15 is 0 Å². The highest BCUT2D eigenvalue weighted by Gasteiger charge is 2.06. The minimum atomic E-state index is 0.135. The number of aliphatic hydroxyl groups excluding tert-OH is 1. The number of nitriles is 1. The predicted octanol–water partition coefficient (Wildman–Crippen LogP) is 1.05. The quantitative estimate of drug-likeness (QED) is 0.740. The maximum atomic E-state index is 8.90. The Balaban J connectivity index is 2.49. The van der Waals surface area contributed by atoms with Crippen LogP contribution in [0.15, 0.2) is 24.3 Å². The molecule has 1 aromatic rings. The van der Waals surface area contributed by atoms with Gasteiger partial charge in [-0.2, -0.15) is 5.26 Å². The van der Waals surface area contributed by atoms with E-state index < -0.39 is 0 Å². The zero-order chi connectivity index (χ0) is 12.5. The summed E-state index contributed by atoms with van der Waals surface area (Å²) in [5.74, 6) is 0. The third-order valence-electron chi connectivity index (χ3n) is 2.50. The Labute approximate surface area is 102 Å². The number of nitrogens with zero attached hydrogens (tertiary/aromatic N) is 1. The van der Waals surface area contributed by atoms with E-state index in [9.17, 15) is 0 Å². The van der Waals surface area contributed by atoms with E-state index in [0.29, 0.717) is 25.1 Å². The van der Waals surface area contributed by atoms with Gasteiger partial charge in [0, 0.05) is 26.3 Å². The first-order valence-electron chi connectivity index (χ1n) is 5.62. The van der Waals surface area contributed by atoms with Crippen LogP contribution in [0, 0.1) is 11.3 Å².